The number of anilines is 1. The second-order valence-corrected chi connectivity index (χ2v) is 6.73. The Balaban J connectivity index is 1.76. The molecule has 6 heteroatoms. The van der Waals surface area contributed by atoms with E-state index in [4.69, 9.17) is 9.15 Å². The molecule has 3 aromatic rings. The number of nitrogens with one attached hydrogen (secondary N) is 1. The van der Waals surface area contributed by atoms with Gasteiger partial charge in [0.05, 0.1) is 6.61 Å². The summed E-state index contributed by atoms with van der Waals surface area (Å²) in [7, 11) is 0. The van der Waals surface area contributed by atoms with Crippen LogP contribution < -0.4 is 15.7 Å². The molecule has 0 bridgehead atoms. The molecule has 0 aliphatic rings. The molecule has 0 aliphatic carbocycles. The van der Waals surface area contributed by atoms with Crippen LogP contribution in [0.5, 0.6) is 5.75 Å². The fraction of sp³-hybridized carbons (Fsp3) is 0.200. The molecule has 0 radical (unpaired) electrons. The van der Waals surface area contributed by atoms with Crippen LogP contribution in [0.25, 0.3) is 11.0 Å². The second kappa shape index (κ2) is 8.19. The minimum absolute atomic E-state index is 0.101. The molecule has 26 heavy (non-hydrogen) atoms. The van der Waals surface area contributed by atoms with Gasteiger partial charge in [-0.15, -0.1) is 0 Å². The molecule has 0 atom stereocenters. The molecule has 0 saturated carbocycles. The summed E-state index contributed by atoms with van der Waals surface area (Å²) in [6, 6.07) is 13.7. The Morgan fingerprint density at radius 1 is 1.15 bits per heavy atom. The van der Waals surface area contributed by atoms with Gasteiger partial charge in [0.25, 0.3) is 5.91 Å². The normalized spacial score (nSPS) is 10.7. The van der Waals surface area contributed by atoms with E-state index in [0.29, 0.717) is 28.9 Å². The maximum Gasteiger partial charge on any atom is 0.360 e. The van der Waals surface area contributed by atoms with Crippen LogP contribution in [0, 0.1) is 0 Å². The van der Waals surface area contributed by atoms with Gasteiger partial charge in [-0.1, -0.05) is 29.3 Å². The fourth-order valence-electron chi connectivity index (χ4n) is 2.41. The molecule has 0 aliphatic heterocycles. The summed E-state index contributed by atoms with van der Waals surface area (Å²) in [4.78, 5) is 24.5. The molecule has 134 valence electrons. The third-order valence-electron chi connectivity index (χ3n) is 3.83. The molecule has 5 nitrogen and oxygen atoms in total. The number of hydrogen-bond donors (Lipinski definition) is 1. The van der Waals surface area contributed by atoms with E-state index in [1.807, 2.05) is 6.07 Å². The van der Waals surface area contributed by atoms with Gasteiger partial charge in [0.15, 0.2) is 0 Å². The lowest BCUT2D eigenvalue weighted by Gasteiger charge is -2.08. The number of fused-ring (bicyclic) bond motifs is 1. The van der Waals surface area contributed by atoms with Crippen molar-refractivity contribution in [2.24, 2.45) is 0 Å². The molecule has 2 aromatic carbocycles. The van der Waals surface area contributed by atoms with Crippen LogP contribution in [0.4, 0.5) is 5.69 Å². The Kier molecular flexibility index (Phi) is 5.73. The standard InChI is InChI=1S/C20H18BrNO4/c1-2-3-10-25-16-7-4-13(5-8-16)19(23)22-17-12-14-11-15(21)6-9-18(14)26-20(17)24/h4-9,11-12H,2-3,10H2,1H3,(H,22,23). The van der Waals surface area contributed by atoms with E-state index < -0.39 is 5.63 Å². The first kappa shape index (κ1) is 18.2. The molecule has 0 saturated heterocycles. The van der Waals surface area contributed by atoms with Crippen molar-refractivity contribution in [2.45, 2.75) is 19.8 Å². The fourth-order valence-corrected chi connectivity index (χ4v) is 2.79. The summed E-state index contributed by atoms with van der Waals surface area (Å²) in [5.74, 6) is 0.330. The molecule has 0 fully saturated rings. The minimum Gasteiger partial charge on any atom is -0.494 e. The number of benzene rings is 2. The minimum atomic E-state index is -0.590. The molecule has 1 N–H and O–H groups in total. The highest BCUT2D eigenvalue weighted by Gasteiger charge is 2.11. The summed E-state index contributed by atoms with van der Waals surface area (Å²) in [6.45, 7) is 2.74. The van der Waals surface area contributed by atoms with Crippen LogP contribution in [0.15, 0.2) is 62.2 Å². The highest BCUT2D eigenvalue weighted by atomic mass is 79.9. The number of rotatable bonds is 6. The summed E-state index contributed by atoms with van der Waals surface area (Å²) in [6.07, 6.45) is 2.04. The van der Waals surface area contributed by atoms with E-state index in [2.05, 4.69) is 28.2 Å². The SMILES string of the molecule is CCCCOc1ccc(C(=O)Nc2cc3cc(Br)ccc3oc2=O)cc1. The number of ether oxygens (including phenoxy) is 1. The number of carbonyl (C=O) groups is 1. The largest absolute Gasteiger partial charge is 0.494 e. The Labute approximate surface area is 159 Å². The number of carbonyl (C=O) groups excluding carboxylic acids is 1. The zero-order valence-corrected chi connectivity index (χ0v) is 15.8. The van der Waals surface area contributed by atoms with Crippen molar-refractivity contribution in [3.05, 3.63) is 69.0 Å². The summed E-state index contributed by atoms with van der Waals surface area (Å²) >= 11 is 3.37. The molecule has 1 amide bonds. The maximum absolute atomic E-state index is 12.4. The zero-order valence-electron chi connectivity index (χ0n) is 14.3. The van der Waals surface area contributed by atoms with Gasteiger partial charge in [-0.2, -0.15) is 0 Å². The van der Waals surface area contributed by atoms with Gasteiger partial charge in [-0.3, -0.25) is 4.79 Å². The Morgan fingerprint density at radius 2 is 1.92 bits per heavy atom. The van der Waals surface area contributed by atoms with E-state index in [-0.39, 0.29) is 11.6 Å². The van der Waals surface area contributed by atoms with Crippen LogP contribution >= 0.6 is 15.9 Å². The molecule has 3 rings (SSSR count). The van der Waals surface area contributed by atoms with Gasteiger partial charge >= 0.3 is 5.63 Å². The van der Waals surface area contributed by atoms with Gasteiger partial charge in [0, 0.05) is 15.4 Å². The average Bonchev–Trinajstić information content (AvgIpc) is 2.63. The van der Waals surface area contributed by atoms with Crippen molar-refractivity contribution in [3.63, 3.8) is 0 Å². The van der Waals surface area contributed by atoms with Crippen molar-refractivity contribution < 1.29 is 13.9 Å². The van der Waals surface area contributed by atoms with Crippen molar-refractivity contribution in [1.82, 2.24) is 0 Å². The van der Waals surface area contributed by atoms with Crippen LogP contribution in [-0.4, -0.2) is 12.5 Å². The smallest absolute Gasteiger partial charge is 0.360 e. The predicted octanol–water partition coefficient (Wildman–Crippen LogP) is 4.99. The van der Waals surface area contributed by atoms with Crippen LogP contribution in [-0.2, 0) is 0 Å². The summed E-state index contributed by atoms with van der Waals surface area (Å²) in [5.41, 5.74) is 0.405. The zero-order chi connectivity index (χ0) is 18.5. The van der Waals surface area contributed by atoms with Crippen LogP contribution in [0.2, 0.25) is 0 Å². The lowest BCUT2D eigenvalue weighted by atomic mass is 10.2. The lowest BCUT2D eigenvalue weighted by Crippen LogP contribution is -2.17. The maximum atomic E-state index is 12.4. The first-order chi connectivity index (χ1) is 12.6. The van der Waals surface area contributed by atoms with Crippen LogP contribution in [0.3, 0.4) is 0 Å². The average molecular weight is 416 g/mol. The second-order valence-electron chi connectivity index (χ2n) is 5.81. The monoisotopic (exact) mass is 415 g/mol. The lowest BCUT2D eigenvalue weighted by molar-refractivity contribution is 0.102. The van der Waals surface area contributed by atoms with Crippen molar-refractivity contribution >= 4 is 38.5 Å². The Morgan fingerprint density at radius 3 is 2.65 bits per heavy atom. The van der Waals surface area contributed by atoms with Gasteiger partial charge in [-0.05, 0) is 55.0 Å². The van der Waals surface area contributed by atoms with Gasteiger partial charge in [0.1, 0.15) is 17.0 Å². The van der Waals surface area contributed by atoms with E-state index >= 15 is 0 Å². The molecular formula is C20H18BrNO4. The van der Waals surface area contributed by atoms with Gasteiger partial charge < -0.3 is 14.5 Å². The Hall–Kier alpha value is -2.60. The topological polar surface area (TPSA) is 68.5 Å². The third-order valence-corrected chi connectivity index (χ3v) is 4.32. The van der Waals surface area contributed by atoms with E-state index in [1.165, 1.54) is 0 Å². The van der Waals surface area contributed by atoms with Crippen molar-refractivity contribution in [3.8, 4) is 5.75 Å². The number of hydrogen-bond acceptors (Lipinski definition) is 4. The molecule has 1 aromatic heterocycles. The highest BCUT2D eigenvalue weighted by molar-refractivity contribution is 9.10. The third kappa shape index (κ3) is 4.32. The quantitative estimate of drug-likeness (QED) is 0.454. The summed E-state index contributed by atoms with van der Waals surface area (Å²) in [5, 5.41) is 3.33. The number of unbranched alkanes of at least 4 members (excludes halogenated alkanes) is 1. The highest BCUT2D eigenvalue weighted by Crippen LogP contribution is 2.21. The van der Waals surface area contributed by atoms with Gasteiger partial charge in [-0.25, -0.2) is 4.79 Å². The predicted molar refractivity (Wildman–Crippen MR) is 105 cm³/mol. The first-order valence-electron chi connectivity index (χ1n) is 8.34. The summed E-state index contributed by atoms with van der Waals surface area (Å²) < 4.78 is 11.7. The van der Waals surface area contributed by atoms with E-state index in [9.17, 15) is 9.59 Å². The first-order valence-corrected chi connectivity index (χ1v) is 9.14. The van der Waals surface area contributed by atoms with E-state index in [1.54, 1.807) is 42.5 Å². The van der Waals surface area contributed by atoms with Crippen molar-refractivity contribution in [1.29, 1.82) is 0 Å². The number of halogens is 1. The van der Waals surface area contributed by atoms with Gasteiger partial charge in [0.2, 0.25) is 0 Å². The molecular weight excluding hydrogens is 398 g/mol. The molecule has 0 unspecified atom stereocenters. The van der Waals surface area contributed by atoms with E-state index in [0.717, 1.165) is 17.3 Å². The van der Waals surface area contributed by atoms with Crippen molar-refractivity contribution in [2.75, 3.05) is 11.9 Å². The Bertz CT molecular complexity index is 979. The molecule has 1 heterocycles. The number of amides is 1. The van der Waals surface area contributed by atoms with Crippen LogP contribution in [0.1, 0.15) is 30.1 Å². The molecule has 0 spiro atoms.